The van der Waals surface area contributed by atoms with Gasteiger partial charge < -0.3 is 51.9 Å². The summed E-state index contributed by atoms with van der Waals surface area (Å²) in [6.45, 7) is 19.5. The van der Waals surface area contributed by atoms with Crippen LogP contribution < -0.4 is 0 Å². The van der Waals surface area contributed by atoms with Crippen molar-refractivity contribution in [2.75, 3.05) is 52.9 Å². The molecular weight excluding hydrogens is 689 g/mol. The van der Waals surface area contributed by atoms with Crippen molar-refractivity contribution in [2.24, 2.45) is 0 Å². The normalized spacial score (nSPS) is 18.5. The Kier molecular flexibility index (Phi) is 27.0. The zero-order valence-corrected chi connectivity index (χ0v) is 35.9. The maximum absolute atomic E-state index is 7.00. The molecule has 16 heteroatoms. The van der Waals surface area contributed by atoms with E-state index in [-0.39, 0.29) is 0 Å². The van der Waals surface area contributed by atoms with Crippen molar-refractivity contribution in [3.63, 3.8) is 0 Å². The van der Waals surface area contributed by atoms with Crippen molar-refractivity contribution in [3.8, 4) is 0 Å². The largest absolute Gasteiger partial charge is 0.668 e. The van der Waals surface area contributed by atoms with E-state index < -0.39 is 36.2 Å². The molecule has 0 saturated carbocycles. The molecule has 0 radical (unpaired) electrons. The lowest BCUT2D eigenvalue weighted by Crippen LogP contribution is -2.76. The summed E-state index contributed by atoms with van der Waals surface area (Å²) in [5, 5.41) is 0. The molecule has 48 heavy (non-hydrogen) atoms. The molecule has 1 heterocycles. The standard InChI is InChI=1S/C32H72O12Si4/c1-9-17-25-33-45(34-26-18-10-2)41-46(35-27-19-11-3,36-28-20-12-4)43-48(39-31-23-15-7,40-32-24-16-8)44-47(42-45,37-29-21-13-5)38-30-22-14-6/h9-32H2,1-8H3. The van der Waals surface area contributed by atoms with Gasteiger partial charge in [-0.1, -0.05) is 107 Å². The van der Waals surface area contributed by atoms with E-state index in [1.165, 1.54) is 0 Å². The minimum Gasteiger partial charge on any atom is -0.352 e. The predicted molar refractivity (Wildman–Crippen MR) is 194 cm³/mol. The first-order valence-corrected chi connectivity index (χ1v) is 25.8. The van der Waals surface area contributed by atoms with E-state index in [0.29, 0.717) is 52.9 Å². The minimum absolute atomic E-state index is 0.334. The van der Waals surface area contributed by atoms with Crippen LogP contribution in [0.25, 0.3) is 0 Å². The van der Waals surface area contributed by atoms with E-state index >= 15 is 0 Å². The Morgan fingerprint density at radius 1 is 0.250 bits per heavy atom. The molecule has 288 valence electrons. The molecule has 0 spiro atoms. The van der Waals surface area contributed by atoms with Crippen LogP contribution in [0.5, 0.6) is 0 Å². The van der Waals surface area contributed by atoms with Crippen LogP contribution in [0.2, 0.25) is 0 Å². The van der Waals surface area contributed by atoms with Crippen molar-refractivity contribution in [3.05, 3.63) is 0 Å². The first-order valence-electron chi connectivity index (χ1n) is 19.2. The molecule has 1 aliphatic rings. The summed E-state index contributed by atoms with van der Waals surface area (Å²) >= 11 is 0. The van der Waals surface area contributed by atoms with E-state index in [4.69, 9.17) is 51.9 Å². The second-order valence-corrected chi connectivity index (χ2v) is 21.6. The van der Waals surface area contributed by atoms with Gasteiger partial charge in [0.05, 0.1) is 0 Å². The van der Waals surface area contributed by atoms with Gasteiger partial charge in [0.25, 0.3) is 0 Å². The molecule has 0 atom stereocenters. The van der Waals surface area contributed by atoms with Crippen LogP contribution in [0.4, 0.5) is 0 Å². The monoisotopic (exact) mass is 760 g/mol. The van der Waals surface area contributed by atoms with E-state index in [2.05, 4.69) is 55.4 Å². The molecule has 0 aromatic carbocycles. The third kappa shape index (κ3) is 18.2. The van der Waals surface area contributed by atoms with Crippen LogP contribution in [0.15, 0.2) is 0 Å². The zero-order chi connectivity index (χ0) is 35.5. The molecule has 0 unspecified atom stereocenters. The van der Waals surface area contributed by atoms with Crippen LogP contribution in [-0.2, 0) is 51.9 Å². The summed E-state index contributed by atoms with van der Waals surface area (Å²) < 4.78 is 80.7. The first-order chi connectivity index (χ1) is 23.3. The lowest BCUT2D eigenvalue weighted by atomic mass is 10.4. The molecule has 1 rings (SSSR count). The number of hydrogen-bond donors (Lipinski definition) is 0. The molecule has 0 aromatic heterocycles. The quantitative estimate of drug-likeness (QED) is 0.0486. The fourth-order valence-electron chi connectivity index (χ4n) is 4.07. The highest BCUT2D eigenvalue weighted by Gasteiger charge is 2.75. The van der Waals surface area contributed by atoms with Gasteiger partial charge in [-0.05, 0) is 51.4 Å². The molecule has 0 N–H and O–H groups in total. The summed E-state index contributed by atoms with van der Waals surface area (Å²) in [5.74, 6) is 0. The van der Waals surface area contributed by atoms with Gasteiger partial charge in [0.1, 0.15) is 0 Å². The smallest absolute Gasteiger partial charge is 0.352 e. The van der Waals surface area contributed by atoms with Gasteiger partial charge in [0.2, 0.25) is 0 Å². The van der Waals surface area contributed by atoms with Gasteiger partial charge in [-0.2, -0.15) is 0 Å². The highest BCUT2D eigenvalue weighted by Crippen LogP contribution is 2.36. The highest BCUT2D eigenvalue weighted by atomic mass is 28.6. The molecule has 1 fully saturated rings. The Hall–Kier alpha value is 0.388. The summed E-state index contributed by atoms with van der Waals surface area (Å²) in [6.07, 6.45) is 13.4. The van der Waals surface area contributed by atoms with Crippen molar-refractivity contribution in [2.45, 2.75) is 158 Å². The molecule has 0 amide bonds. The molecule has 0 bridgehead atoms. The maximum Gasteiger partial charge on any atom is 0.668 e. The van der Waals surface area contributed by atoms with Crippen molar-refractivity contribution < 1.29 is 51.9 Å². The lowest BCUT2D eigenvalue weighted by Gasteiger charge is -2.46. The topological polar surface area (TPSA) is 111 Å². The summed E-state index contributed by atoms with van der Waals surface area (Å²) in [4.78, 5) is 0. The SMILES string of the molecule is CCCCO[Si]1(OCCCC)O[Si](OCCCC)(OCCCC)O[Si](OCCCC)(OCCCC)O[Si](OCCCC)(OCCCC)O1. The number of unbranched alkanes of at least 4 members (excludes halogenated alkanes) is 8. The van der Waals surface area contributed by atoms with Gasteiger partial charge in [-0.3, -0.25) is 0 Å². The molecule has 1 aliphatic heterocycles. The Morgan fingerprint density at radius 3 is 0.479 bits per heavy atom. The van der Waals surface area contributed by atoms with Gasteiger partial charge in [0, 0.05) is 52.9 Å². The summed E-state index contributed by atoms with van der Waals surface area (Å²) in [7, 11) is -16.8. The highest BCUT2D eigenvalue weighted by molar-refractivity contribution is 6.83. The average molecular weight is 761 g/mol. The van der Waals surface area contributed by atoms with Crippen LogP contribution in [0.1, 0.15) is 158 Å². The Bertz CT molecular complexity index is 582. The van der Waals surface area contributed by atoms with Crippen LogP contribution in [0.3, 0.4) is 0 Å². The third-order valence-electron chi connectivity index (χ3n) is 7.21. The minimum atomic E-state index is -4.21. The van der Waals surface area contributed by atoms with E-state index in [1.54, 1.807) is 0 Å². The van der Waals surface area contributed by atoms with E-state index in [0.717, 1.165) is 103 Å². The van der Waals surface area contributed by atoms with Gasteiger partial charge in [0.15, 0.2) is 0 Å². The van der Waals surface area contributed by atoms with Crippen LogP contribution in [-0.4, -0.2) is 89.0 Å². The predicted octanol–water partition coefficient (Wildman–Crippen LogP) is 8.34. The number of hydrogen-bond acceptors (Lipinski definition) is 12. The molecular formula is C32H72O12Si4. The lowest BCUT2D eigenvalue weighted by molar-refractivity contribution is -0.113. The molecule has 1 saturated heterocycles. The fraction of sp³-hybridized carbons (Fsp3) is 1.00. The second-order valence-electron chi connectivity index (χ2n) is 12.0. The molecule has 0 aromatic rings. The van der Waals surface area contributed by atoms with Gasteiger partial charge >= 0.3 is 36.2 Å². The van der Waals surface area contributed by atoms with Crippen LogP contribution >= 0.6 is 0 Å². The zero-order valence-electron chi connectivity index (χ0n) is 31.9. The first kappa shape index (κ1) is 46.4. The Labute approximate surface area is 298 Å². The van der Waals surface area contributed by atoms with Crippen molar-refractivity contribution in [1.29, 1.82) is 0 Å². The summed E-state index contributed by atoms with van der Waals surface area (Å²) in [5.41, 5.74) is 0. The Balaban J connectivity index is 4.04. The number of rotatable bonds is 32. The summed E-state index contributed by atoms with van der Waals surface area (Å²) in [6, 6.07) is 0. The molecule has 12 nitrogen and oxygen atoms in total. The van der Waals surface area contributed by atoms with Crippen LogP contribution in [0, 0.1) is 0 Å². The third-order valence-corrected chi connectivity index (χ3v) is 19.7. The van der Waals surface area contributed by atoms with E-state index in [9.17, 15) is 0 Å². The second kappa shape index (κ2) is 28.0. The maximum atomic E-state index is 7.00. The van der Waals surface area contributed by atoms with Gasteiger partial charge in [-0.15, -0.1) is 0 Å². The van der Waals surface area contributed by atoms with Crippen molar-refractivity contribution >= 4 is 36.2 Å². The van der Waals surface area contributed by atoms with E-state index in [1.807, 2.05) is 0 Å². The fourth-order valence-corrected chi connectivity index (χ4v) is 18.4. The van der Waals surface area contributed by atoms with Crippen molar-refractivity contribution in [1.82, 2.24) is 0 Å². The average Bonchev–Trinajstić information content (AvgIpc) is 3.05. The molecule has 0 aliphatic carbocycles. The Morgan fingerprint density at radius 2 is 0.375 bits per heavy atom. The van der Waals surface area contributed by atoms with Gasteiger partial charge in [-0.25, -0.2) is 0 Å².